The Morgan fingerprint density at radius 3 is 2.55 bits per heavy atom. The molecule has 0 spiro atoms. The van der Waals surface area contributed by atoms with E-state index in [2.05, 4.69) is 28.4 Å². The Morgan fingerprint density at radius 1 is 1.05 bits per heavy atom. The van der Waals surface area contributed by atoms with E-state index >= 15 is 0 Å². The maximum absolute atomic E-state index is 11.4. The molecule has 5 nitrogen and oxygen atoms in total. The molecule has 0 fully saturated rings. The van der Waals surface area contributed by atoms with Gasteiger partial charge in [0, 0.05) is 10.9 Å². The van der Waals surface area contributed by atoms with Gasteiger partial charge in [-0.2, -0.15) is 0 Å². The molecule has 3 rings (SSSR count). The van der Waals surface area contributed by atoms with Crippen LogP contribution in [-0.4, -0.2) is 16.1 Å². The molecule has 0 bridgehead atoms. The summed E-state index contributed by atoms with van der Waals surface area (Å²) in [5.41, 5.74) is 16.6. The van der Waals surface area contributed by atoms with Crippen molar-refractivity contribution < 1.29 is 4.79 Å². The first-order chi connectivity index (χ1) is 10.5. The number of benzene rings is 2. The number of fused-ring (bicyclic) bond motifs is 1. The Balaban J connectivity index is 2.35. The maximum Gasteiger partial charge on any atom is 0.271 e. The number of nitrogens with zero attached hydrogens (tertiary/aromatic N) is 2. The van der Waals surface area contributed by atoms with Gasteiger partial charge in [-0.25, -0.2) is 0 Å². The van der Waals surface area contributed by atoms with Crippen molar-refractivity contribution in [1.82, 2.24) is 10.2 Å². The maximum atomic E-state index is 11.4. The van der Waals surface area contributed by atoms with E-state index in [1.807, 2.05) is 32.0 Å². The Kier molecular flexibility index (Phi) is 3.25. The molecule has 110 valence electrons. The minimum atomic E-state index is -0.677. The monoisotopic (exact) mass is 292 g/mol. The first kappa shape index (κ1) is 14.0. The van der Waals surface area contributed by atoms with Crippen LogP contribution in [0.15, 0.2) is 36.4 Å². The van der Waals surface area contributed by atoms with Crippen LogP contribution in [0.1, 0.15) is 21.6 Å². The summed E-state index contributed by atoms with van der Waals surface area (Å²) in [4.78, 5) is 11.4. The molecule has 5 heteroatoms. The molecule has 0 radical (unpaired) electrons. The van der Waals surface area contributed by atoms with Crippen molar-refractivity contribution in [2.24, 2.45) is 5.73 Å². The Morgan fingerprint density at radius 2 is 1.82 bits per heavy atom. The van der Waals surface area contributed by atoms with Gasteiger partial charge in [0.1, 0.15) is 5.52 Å². The molecule has 0 aliphatic rings. The number of hydrogen-bond donors (Lipinski definition) is 2. The van der Waals surface area contributed by atoms with Gasteiger partial charge in [-0.15, -0.1) is 10.2 Å². The lowest BCUT2D eigenvalue weighted by Crippen LogP contribution is -2.16. The summed E-state index contributed by atoms with van der Waals surface area (Å²) in [6.07, 6.45) is 0. The molecule has 0 saturated heterocycles. The van der Waals surface area contributed by atoms with Gasteiger partial charge >= 0.3 is 0 Å². The van der Waals surface area contributed by atoms with Gasteiger partial charge in [0.25, 0.3) is 5.91 Å². The summed E-state index contributed by atoms with van der Waals surface area (Å²) in [7, 11) is 0. The number of aromatic nitrogens is 2. The minimum absolute atomic E-state index is 0.00520. The molecule has 4 N–H and O–H groups in total. The molecule has 2 aromatic carbocycles. The van der Waals surface area contributed by atoms with Crippen LogP contribution in [0.4, 0.5) is 5.69 Å². The number of amides is 1. The summed E-state index contributed by atoms with van der Waals surface area (Å²) in [5.74, 6) is -0.677. The summed E-state index contributed by atoms with van der Waals surface area (Å²) >= 11 is 0. The van der Waals surface area contributed by atoms with Gasteiger partial charge < -0.3 is 11.5 Å². The average molecular weight is 292 g/mol. The van der Waals surface area contributed by atoms with Gasteiger partial charge in [-0.3, -0.25) is 4.79 Å². The van der Waals surface area contributed by atoms with E-state index in [4.69, 9.17) is 11.5 Å². The van der Waals surface area contributed by atoms with Crippen molar-refractivity contribution in [3.05, 3.63) is 53.2 Å². The molecular formula is C17H16N4O. The third kappa shape index (κ3) is 2.16. The van der Waals surface area contributed by atoms with Gasteiger partial charge in [-0.1, -0.05) is 42.0 Å². The van der Waals surface area contributed by atoms with E-state index in [1.54, 1.807) is 0 Å². The highest BCUT2D eigenvalue weighted by molar-refractivity contribution is 6.07. The van der Waals surface area contributed by atoms with Crippen LogP contribution in [0.5, 0.6) is 0 Å². The van der Waals surface area contributed by atoms with Crippen LogP contribution in [0.2, 0.25) is 0 Å². The number of nitrogen functional groups attached to an aromatic ring is 1. The van der Waals surface area contributed by atoms with Crippen LogP contribution in [0.25, 0.3) is 22.0 Å². The van der Waals surface area contributed by atoms with Gasteiger partial charge in [0.05, 0.1) is 5.69 Å². The Labute approximate surface area is 128 Å². The zero-order chi connectivity index (χ0) is 15.9. The van der Waals surface area contributed by atoms with Crippen molar-refractivity contribution in [2.75, 3.05) is 5.73 Å². The molecule has 1 amide bonds. The Bertz CT molecular complexity index is 903. The van der Waals surface area contributed by atoms with E-state index in [1.165, 1.54) is 0 Å². The normalized spacial score (nSPS) is 10.8. The van der Waals surface area contributed by atoms with Gasteiger partial charge in [0.15, 0.2) is 5.69 Å². The molecule has 22 heavy (non-hydrogen) atoms. The molecule has 3 aromatic rings. The minimum Gasteiger partial charge on any atom is -0.396 e. The summed E-state index contributed by atoms with van der Waals surface area (Å²) in [6, 6.07) is 11.9. The van der Waals surface area contributed by atoms with Gasteiger partial charge in [0.2, 0.25) is 0 Å². The van der Waals surface area contributed by atoms with E-state index < -0.39 is 5.91 Å². The van der Waals surface area contributed by atoms with Crippen LogP contribution >= 0.6 is 0 Å². The number of carbonyl (C=O) groups excluding carboxylic acids is 1. The largest absolute Gasteiger partial charge is 0.396 e. The van der Waals surface area contributed by atoms with Crippen LogP contribution in [0.3, 0.4) is 0 Å². The van der Waals surface area contributed by atoms with Crippen LogP contribution in [-0.2, 0) is 0 Å². The number of hydrogen-bond acceptors (Lipinski definition) is 4. The smallest absolute Gasteiger partial charge is 0.271 e. The topological polar surface area (TPSA) is 94.9 Å². The molecule has 0 aliphatic heterocycles. The lowest BCUT2D eigenvalue weighted by molar-refractivity contribution is 0.0996. The zero-order valence-electron chi connectivity index (χ0n) is 12.4. The molecule has 1 aromatic heterocycles. The molecule has 0 atom stereocenters. The highest BCUT2D eigenvalue weighted by atomic mass is 16.1. The van der Waals surface area contributed by atoms with Crippen LogP contribution < -0.4 is 11.5 Å². The summed E-state index contributed by atoms with van der Waals surface area (Å²) in [5, 5.41) is 8.76. The molecular weight excluding hydrogens is 276 g/mol. The number of nitrogens with two attached hydrogens (primary N) is 2. The first-order valence-corrected chi connectivity index (χ1v) is 6.91. The second-order valence-corrected chi connectivity index (χ2v) is 5.35. The second-order valence-electron chi connectivity index (χ2n) is 5.35. The third-order valence-electron chi connectivity index (χ3n) is 3.75. The predicted molar refractivity (Wildman–Crippen MR) is 87.4 cm³/mol. The lowest BCUT2D eigenvalue weighted by atomic mass is 9.96. The molecule has 0 aliphatic carbocycles. The van der Waals surface area contributed by atoms with Crippen molar-refractivity contribution >= 4 is 22.5 Å². The van der Waals surface area contributed by atoms with Crippen molar-refractivity contribution in [2.45, 2.75) is 13.8 Å². The van der Waals surface area contributed by atoms with Crippen LogP contribution in [0, 0.1) is 13.8 Å². The fourth-order valence-corrected chi connectivity index (χ4v) is 2.58. The summed E-state index contributed by atoms with van der Waals surface area (Å²) in [6.45, 7) is 4.08. The van der Waals surface area contributed by atoms with E-state index in [9.17, 15) is 4.79 Å². The van der Waals surface area contributed by atoms with Crippen molar-refractivity contribution in [3.63, 3.8) is 0 Å². The molecule has 0 saturated carbocycles. The van der Waals surface area contributed by atoms with Crippen molar-refractivity contribution in [1.29, 1.82) is 0 Å². The lowest BCUT2D eigenvalue weighted by Gasteiger charge is -2.11. The summed E-state index contributed by atoms with van der Waals surface area (Å²) < 4.78 is 0. The zero-order valence-corrected chi connectivity index (χ0v) is 12.4. The molecule has 1 heterocycles. The number of rotatable bonds is 2. The highest BCUT2D eigenvalue weighted by Crippen LogP contribution is 2.32. The van der Waals surface area contributed by atoms with E-state index in [-0.39, 0.29) is 11.4 Å². The van der Waals surface area contributed by atoms with E-state index in [0.717, 1.165) is 22.3 Å². The number of anilines is 1. The standard InChI is InChI=1S/C17H16N4O/c1-9-6-7-10(2)13(8-9)11-4-3-5-12-14(18)16(17(19)22)21-20-15(11)12/h3-8H,1-2H3,(H2,18,20)(H2,19,22). The highest BCUT2D eigenvalue weighted by Gasteiger charge is 2.15. The SMILES string of the molecule is Cc1ccc(C)c(-c2cccc3c(N)c(C(N)=O)nnc23)c1. The number of primary amides is 1. The number of carbonyl (C=O) groups is 1. The average Bonchev–Trinajstić information content (AvgIpc) is 2.49. The van der Waals surface area contributed by atoms with Gasteiger partial charge in [-0.05, 0) is 25.0 Å². The first-order valence-electron chi connectivity index (χ1n) is 6.91. The molecule has 0 unspecified atom stereocenters. The Hall–Kier alpha value is -2.95. The van der Waals surface area contributed by atoms with Crippen molar-refractivity contribution in [3.8, 4) is 11.1 Å². The second kappa shape index (κ2) is 5.11. The fraction of sp³-hybridized carbons (Fsp3) is 0.118. The fourth-order valence-electron chi connectivity index (χ4n) is 2.58. The number of aryl methyl sites for hydroxylation is 2. The quantitative estimate of drug-likeness (QED) is 0.759. The predicted octanol–water partition coefficient (Wildman–Crippen LogP) is 2.59. The van der Waals surface area contributed by atoms with E-state index in [0.29, 0.717) is 10.9 Å². The third-order valence-corrected chi connectivity index (χ3v) is 3.75.